The Morgan fingerprint density at radius 2 is 1.14 bits per heavy atom. The summed E-state index contributed by atoms with van der Waals surface area (Å²) in [7, 11) is 0. The van der Waals surface area contributed by atoms with Crippen LogP contribution in [0.1, 0.15) is 0 Å². The molecule has 3 aromatic carbocycles. The van der Waals surface area contributed by atoms with Crippen LogP contribution in [-0.2, 0) is 0 Å². The van der Waals surface area contributed by atoms with Gasteiger partial charge >= 0.3 is 0 Å². The normalized spacial score (nSPS) is 13.7. The molecule has 182 valence electrons. The fraction of sp³-hybridized carbons (Fsp3) is 0. The molecule has 1 heterocycles. The third kappa shape index (κ3) is 6.32. The highest BCUT2D eigenvalue weighted by Crippen LogP contribution is 2.42. The predicted octanol–water partition coefficient (Wildman–Crippen LogP) is 10.4. The highest BCUT2D eigenvalue weighted by molar-refractivity contribution is 9.15. The summed E-state index contributed by atoms with van der Waals surface area (Å²) < 4.78 is 26.2. The quantitative estimate of drug-likeness (QED) is 0.188. The van der Waals surface area contributed by atoms with Gasteiger partial charge < -0.3 is 14.2 Å². The number of para-hydroxylation sites is 1. The average molecular weight is 991 g/mol. The molecule has 35 heavy (non-hydrogen) atoms. The molecule has 0 aromatic heterocycles. The number of hydrogen-bond donors (Lipinski definition) is 0. The maximum absolute atomic E-state index is 6.31. The topological polar surface area (TPSA) is 46.5 Å². The fourth-order valence-corrected chi connectivity index (χ4v) is 5.93. The molecule has 6 nitrogen and oxygen atoms in total. The number of hydrazone groups is 1. The molecule has 0 bridgehead atoms. The smallest absolute Gasteiger partial charge is 0.288 e. The van der Waals surface area contributed by atoms with Crippen LogP contribution in [0, 0.1) is 0 Å². The molecule has 0 saturated heterocycles. The van der Waals surface area contributed by atoms with Gasteiger partial charge in [0.2, 0.25) is 0 Å². The second-order valence-corrected chi connectivity index (χ2v) is 12.7. The number of nitrogens with zero attached hydrogens (tertiary/aromatic N) is 3. The Morgan fingerprint density at radius 3 is 1.71 bits per heavy atom. The maximum atomic E-state index is 6.31. The summed E-state index contributed by atoms with van der Waals surface area (Å²) in [5, 5.41) is 4.46. The van der Waals surface area contributed by atoms with E-state index in [9.17, 15) is 0 Å². The van der Waals surface area contributed by atoms with E-state index in [2.05, 4.69) is 133 Å². The zero-order valence-electron chi connectivity index (χ0n) is 16.8. The number of halogens is 8. The van der Waals surface area contributed by atoms with Crippen LogP contribution in [0.4, 0.5) is 0 Å². The number of hydrazine groups is 1. The highest BCUT2D eigenvalue weighted by Gasteiger charge is 2.34. The maximum Gasteiger partial charge on any atom is 0.288 e. The van der Waals surface area contributed by atoms with Crippen molar-refractivity contribution in [2.24, 2.45) is 5.10 Å². The SMILES string of the molecule is Brc1ccc(OC2=NN(Br)N(Br)C(Oc3ccc(Br)c(Br)c3Br)=C2Oc2ccccc2)c(Br)c1Br. The minimum Gasteiger partial charge on any atom is -0.446 e. The van der Waals surface area contributed by atoms with Crippen molar-refractivity contribution in [3.05, 3.63) is 93.1 Å². The van der Waals surface area contributed by atoms with Gasteiger partial charge in [0.05, 0.1) is 41.2 Å². The van der Waals surface area contributed by atoms with E-state index in [1.54, 1.807) is 12.1 Å². The molecule has 0 radical (unpaired) electrons. The van der Waals surface area contributed by atoms with Crippen molar-refractivity contribution in [3.8, 4) is 17.2 Å². The van der Waals surface area contributed by atoms with Gasteiger partial charge in [-0.3, -0.25) is 0 Å². The Balaban J connectivity index is 1.82. The average Bonchev–Trinajstić information content (AvgIpc) is 2.85. The highest BCUT2D eigenvalue weighted by atomic mass is 79.9. The van der Waals surface area contributed by atoms with Crippen molar-refractivity contribution < 1.29 is 14.2 Å². The first kappa shape index (κ1) is 27.9. The Kier molecular flexibility index (Phi) is 9.72. The zero-order valence-corrected chi connectivity index (χ0v) is 29.5. The summed E-state index contributed by atoms with van der Waals surface area (Å²) in [6.07, 6.45) is 0. The zero-order chi connectivity index (χ0) is 25.3. The first-order valence-electron chi connectivity index (χ1n) is 9.28. The summed E-state index contributed by atoms with van der Waals surface area (Å²) in [6.45, 7) is 0. The molecule has 0 saturated carbocycles. The minimum absolute atomic E-state index is 0.138. The molecule has 0 unspecified atom stereocenters. The lowest BCUT2D eigenvalue weighted by atomic mass is 10.3. The standard InChI is InChI=1S/C21H9Br8N3O3/c22-11-6-8-13(17(26)15(11)24)34-20-19(33-10-4-2-1-3-5-10)21(31(28)32(29)30-20)35-14-9-7-12(23)16(25)18(14)27/h1-9H. The molecule has 1 aliphatic heterocycles. The van der Waals surface area contributed by atoms with Crippen LogP contribution < -0.4 is 14.2 Å². The van der Waals surface area contributed by atoms with Crippen LogP contribution in [0.2, 0.25) is 0 Å². The van der Waals surface area contributed by atoms with Gasteiger partial charge in [0.1, 0.15) is 17.2 Å². The predicted molar refractivity (Wildman–Crippen MR) is 163 cm³/mol. The second kappa shape index (κ2) is 12.2. The fourth-order valence-electron chi connectivity index (χ4n) is 2.64. The Labute approximate surface area is 268 Å². The van der Waals surface area contributed by atoms with Crippen LogP contribution in [0.25, 0.3) is 0 Å². The summed E-state index contributed by atoms with van der Waals surface area (Å²) >= 11 is 28.0. The van der Waals surface area contributed by atoms with E-state index in [0.717, 1.165) is 17.9 Å². The molecular formula is C21H9Br8N3O3. The molecule has 4 rings (SSSR count). The van der Waals surface area contributed by atoms with Crippen LogP contribution in [0.15, 0.2) is 98.2 Å². The molecule has 0 fully saturated rings. The first-order valence-corrected chi connectivity index (χ1v) is 15.5. The Morgan fingerprint density at radius 1 is 0.600 bits per heavy atom. The van der Waals surface area contributed by atoms with Crippen molar-refractivity contribution in [1.82, 2.24) is 8.18 Å². The van der Waals surface area contributed by atoms with E-state index in [4.69, 9.17) is 14.2 Å². The molecule has 0 aliphatic carbocycles. The molecule has 14 heteroatoms. The van der Waals surface area contributed by atoms with Gasteiger partial charge in [-0.1, -0.05) is 18.2 Å². The molecule has 0 atom stereocenters. The van der Waals surface area contributed by atoms with E-state index in [1.165, 1.54) is 8.18 Å². The summed E-state index contributed by atoms with van der Waals surface area (Å²) in [5.41, 5.74) is 0. The van der Waals surface area contributed by atoms with Gasteiger partial charge in [-0.2, -0.15) is 4.03 Å². The van der Waals surface area contributed by atoms with E-state index >= 15 is 0 Å². The summed E-state index contributed by atoms with van der Waals surface area (Å²) in [6, 6.07) is 16.6. The summed E-state index contributed by atoms with van der Waals surface area (Å²) in [5.74, 6) is 2.19. The van der Waals surface area contributed by atoms with Crippen LogP contribution in [-0.4, -0.2) is 14.1 Å². The lowest BCUT2D eigenvalue weighted by Crippen LogP contribution is -2.37. The summed E-state index contributed by atoms with van der Waals surface area (Å²) in [4.78, 5) is 0. The van der Waals surface area contributed by atoms with Crippen molar-refractivity contribution >= 4 is 134 Å². The number of rotatable bonds is 5. The third-order valence-electron chi connectivity index (χ3n) is 4.25. The Bertz CT molecular complexity index is 1340. The van der Waals surface area contributed by atoms with Crippen molar-refractivity contribution in [3.63, 3.8) is 0 Å². The van der Waals surface area contributed by atoms with Crippen LogP contribution in [0.3, 0.4) is 0 Å². The van der Waals surface area contributed by atoms with Crippen LogP contribution >= 0.6 is 128 Å². The van der Waals surface area contributed by atoms with E-state index < -0.39 is 0 Å². The molecule has 0 N–H and O–H groups in total. The monoisotopic (exact) mass is 982 g/mol. The second-order valence-electron chi connectivity index (χ2n) is 6.51. The molecule has 1 aliphatic rings. The van der Waals surface area contributed by atoms with Crippen molar-refractivity contribution in [2.75, 3.05) is 0 Å². The lowest BCUT2D eigenvalue weighted by molar-refractivity contribution is 0.158. The Hall–Kier alpha value is -0.0900. The van der Waals surface area contributed by atoms with E-state index in [1.807, 2.05) is 42.5 Å². The van der Waals surface area contributed by atoms with Gasteiger partial charge in [0.15, 0.2) is 0 Å². The van der Waals surface area contributed by atoms with Gasteiger partial charge in [-0.15, -0.1) is 9.25 Å². The number of ether oxygens (including phenoxy) is 3. The van der Waals surface area contributed by atoms with Gasteiger partial charge in [-0.05, 0) is 132 Å². The molecule has 0 spiro atoms. The molecular weight excluding hydrogens is 981 g/mol. The van der Waals surface area contributed by atoms with Gasteiger partial charge in [0.25, 0.3) is 17.5 Å². The number of hydrogen-bond acceptors (Lipinski definition) is 6. The van der Waals surface area contributed by atoms with Crippen LogP contribution in [0.5, 0.6) is 17.2 Å². The lowest BCUT2D eigenvalue weighted by Gasteiger charge is -2.30. The third-order valence-corrected chi connectivity index (χ3v) is 12.4. The largest absolute Gasteiger partial charge is 0.446 e. The minimum atomic E-state index is 0.138. The molecule has 3 aromatic rings. The van der Waals surface area contributed by atoms with Crippen molar-refractivity contribution in [1.29, 1.82) is 0 Å². The van der Waals surface area contributed by atoms with Gasteiger partial charge in [-0.25, -0.2) is 0 Å². The molecule has 0 amide bonds. The van der Waals surface area contributed by atoms with E-state index in [0.29, 0.717) is 26.2 Å². The number of benzene rings is 3. The first-order chi connectivity index (χ1) is 16.7. The van der Waals surface area contributed by atoms with E-state index in [-0.39, 0.29) is 17.5 Å². The van der Waals surface area contributed by atoms with Crippen molar-refractivity contribution in [2.45, 2.75) is 0 Å². The van der Waals surface area contributed by atoms with Gasteiger partial charge in [0, 0.05) is 17.9 Å².